The number of nitrogens with one attached hydrogen (secondary N) is 2. The van der Waals surface area contributed by atoms with Crippen LogP contribution in [0.5, 0.6) is 11.5 Å². The second kappa shape index (κ2) is 9.40. The third kappa shape index (κ3) is 5.00. The van der Waals surface area contributed by atoms with Gasteiger partial charge in [0.05, 0.1) is 27.0 Å². The van der Waals surface area contributed by atoms with E-state index in [9.17, 15) is 4.79 Å². The molecule has 0 unspecified atom stereocenters. The van der Waals surface area contributed by atoms with Gasteiger partial charge in [0.15, 0.2) is 17.2 Å². The van der Waals surface area contributed by atoms with Gasteiger partial charge < -0.3 is 24.5 Å². The van der Waals surface area contributed by atoms with Gasteiger partial charge in [-0.3, -0.25) is 4.79 Å². The summed E-state index contributed by atoms with van der Waals surface area (Å²) in [6.45, 7) is 0.965. The molecule has 2 N–H and O–H groups in total. The molecule has 28 heavy (non-hydrogen) atoms. The zero-order chi connectivity index (χ0) is 19.8. The molecule has 0 saturated heterocycles. The lowest BCUT2D eigenvalue weighted by atomic mass is 10.1. The maximum Gasteiger partial charge on any atom is 0.272 e. The average Bonchev–Trinajstić information content (AvgIpc) is 3.26. The van der Waals surface area contributed by atoms with E-state index in [1.165, 1.54) is 0 Å². The summed E-state index contributed by atoms with van der Waals surface area (Å²) in [4.78, 5) is 12.1. The number of hydrogen-bond acceptors (Lipinski definition) is 7. The average molecular weight is 382 g/mol. The highest BCUT2D eigenvalue weighted by molar-refractivity contribution is 5.92. The van der Waals surface area contributed by atoms with E-state index in [1.807, 2.05) is 18.2 Å². The second-order valence-corrected chi connectivity index (χ2v) is 5.93. The summed E-state index contributed by atoms with van der Waals surface area (Å²) in [5.41, 5.74) is 1.35. The number of amides is 1. The van der Waals surface area contributed by atoms with Gasteiger partial charge in [-0.25, -0.2) is 0 Å². The van der Waals surface area contributed by atoms with Gasteiger partial charge in [0.1, 0.15) is 11.6 Å². The van der Waals surface area contributed by atoms with Gasteiger partial charge in [-0.1, -0.05) is 6.07 Å². The minimum absolute atomic E-state index is 0.247. The number of carbonyl (C=O) groups excluding carboxylic acids is 1. The number of hydrogen-bond donors (Lipinski definition) is 2. The monoisotopic (exact) mass is 382 g/mol. The highest BCUT2D eigenvalue weighted by Crippen LogP contribution is 2.27. The Kier molecular flexibility index (Phi) is 6.46. The van der Waals surface area contributed by atoms with Gasteiger partial charge >= 0.3 is 0 Å². The third-order valence-corrected chi connectivity index (χ3v) is 4.07. The molecular weight excluding hydrogens is 360 g/mol. The van der Waals surface area contributed by atoms with Crippen molar-refractivity contribution in [3.63, 3.8) is 0 Å². The molecule has 0 saturated carbocycles. The molecular formula is C20H22N4O4. The second-order valence-electron chi connectivity index (χ2n) is 5.93. The molecule has 0 aliphatic carbocycles. The van der Waals surface area contributed by atoms with Crippen molar-refractivity contribution in [2.24, 2.45) is 0 Å². The molecule has 0 spiro atoms. The fourth-order valence-corrected chi connectivity index (χ4v) is 2.59. The van der Waals surface area contributed by atoms with E-state index in [-0.39, 0.29) is 11.6 Å². The summed E-state index contributed by atoms with van der Waals surface area (Å²) < 4.78 is 15.7. The highest BCUT2D eigenvalue weighted by atomic mass is 16.5. The zero-order valence-electron chi connectivity index (χ0n) is 15.8. The number of nitrogens with zero attached hydrogens (tertiary/aromatic N) is 2. The van der Waals surface area contributed by atoms with Crippen LogP contribution in [0.2, 0.25) is 0 Å². The van der Waals surface area contributed by atoms with E-state index in [4.69, 9.17) is 13.9 Å². The van der Waals surface area contributed by atoms with Crippen LogP contribution in [0.15, 0.2) is 53.1 Å². The maximum absolute atomic E-state index is 12.1. The van der Waals surface area contributed by atoms with E-state index in [0.717, 1.165) is 12.0 Å². The smallest absolute Gasteiger partial charge is 0.272 e. The van der Waals surface area contributed by atoms with Crippen molar-refractivity contribution < 1.29 is 18.7 Å². The Labute approximate surface area is 162 Å². The van der Waals surface area contributed by atoms with E-state index < -0.39 is 0 Å². The first-order valence-electron chi connectivity index (χ1n) is 8.78. The third-order valence-electron chi connectivity index (χ3n) is 4.07. The van der Waals surface area contributed by atoms with Gasteiger partial charge in [-0.05, 0) is 48.4 Å². The standard InChI is InChI=1S/C20H22N4O4/c1-26-17-7-5-14(12-18(17)27-2)9-10-21-19-8-6-16(23-24-19)20(25)22-13-15-4-3-11-28-15/h3-8,11-12H,9-10,13H2,1-2H3,(H,21,24)(H,22,25). The van der Waals surface area contributed by atoms with Crippen molar-refractivity contribution >= 4 is 11.7 Å². The normalized spacial score (nSPS) is 10.4. The summed E-state index contributed by atoms with van der Waals surface area (Å²) >= 11 is 0. The summed E-state index contributed by atoms with van der Waals surface area (Å²) in [5, 5.41) is 13.9. The molecule has 0 atom stereocenters. The zero-order valence-corrected chi connectivity index (χ0v) is 15.8. The molecule has 3 aromatic rings. The van der Waals surface area contributed by atoms with E-state index in [2.05, 4.69) is 20.8 Å². The number of rotatable bonds is 9. The lowest BCUT2D eigenvalue weighted by Gasteiger charge is -2.10. The Bertz CT molecular complexity index is 895. The summed E-state index contributed by atoms with van der Waals surface area (Å²) in [6, 6.07) is 12.7. The van der Waals surface area contributed by atoms with Crippen molar-refractivity contribution in [1.82, 2.24) is 15.5 Å². The molecule has 0 bridgehead atoms. The minimum atomic E-state index is -0.305. The van der Waals surface area contributed by atoms with Gasteiger partial charge in [0.25, 0.3) is 5.91 Å². The highest BCUT2D eigenvalue weighted by Gasteiger charge is 2.09. The summed E-state index contributed by atoms with van der Waals surface area (Å²) in [6.07, 6.45) is 2.33. The summed E-state index contributed by atoms with van der Waals surface area (Å²) in [5.74, 6) is 2.37. The quantitative estimate of drug-likeness (QED) is 0.587. The Morgan fingerprint density at radius 2 is 1.93 bits per heavy atom. The number of anilines is 1. The summed E-state index contributed by atoms with van der Waals surface area (Å²) in [7, 11) is 3.22. The van der Waals surface area contributed by atoms with Gasteiger partial charge in [-0.15, -0.1) is 10.2 Å². The first-order chi connectivity index (χ1) is 13.7. The molecule has 0 radical (unpaired) electrons. The molecule has 0 aliphatic rings. The molecule has 2 heterocycles. The van der Waals surface area contributed by atoms with Crippen molar-refractivity contribution in [3.05, 3.63) is 65.7 Å². The van der Waals surface area contributed by atoms with Crippen LogP contribution in [-0.4, -0.2) is 36.9 Å². The van der Waals surface area contributed by atoms with Crippen molar-refractivity contribution in [2.75, 3.05) is 26.1 Å². The van der Waals surface area contributed by atoms with E-state index in [0.29, 0.717) is 36.2 Å². The number of furan rings is 1. The van der Waals surface area contributed by atoms with Gasteiger partial charge in [0, 0.05) is 6.54 Å². The van der Waals surface area contributed by atoms with E-state index >= 15 is 0 Å². The number of benzene rings is 1. The van der Waals surface area contributed by atoms with Gasteiger partial charge in [-0.2, -0.15) is 0 Å². The Morgan fingerprint density at radius 1 is 1.07 bits per heavy atom. The predicted octanol–water partition coefficient (Wildman–Crippen LogP) is 2.67. The Hall–Kier alpha value is -3.55. The number of carbonyl (C=O) groups is 1. The van der Waals surface area contributed by atoms with E-state index in [1.54, 1.807) is 44.7 Å². The molecule has 146 valence electrons. The first kappa shape index (κ1) is 19.2. The number of aromatic nitrogens is 2. The van der Waals surface area contributed by atoms with Crippen molar-refractivity contribution in [1.29, 1.82) is 0 Å². The SMILES string of the molecule is COc1ccc(CCNc2ccc(C(=O)NCc3ccco3)nn2)cc1OC. The molecule has 3 rings (SSSR count). The van der Waals surface area contributed by atoms with Crippen LogP contribution in [-0.2, 0) is 13.0 Å². The van der Waals surface area contributed by atoms with Crippen LogP contribution >= 0.6 is 0 Å². The topological polar surface area (TPSA) is 98.5 Å². The van der Waals surface area contributed by atoms with Crippen molar-refractivity contribution in [2.45, 2.75) is 13.0 Å². The Morgan fingerprint density at radius 3 is 2.61 bits per heavy atom. The van der Waals surface area contributed by atoms with Crippen LogP contribution in [0.1, 0.15) is 21.8 Å². The lowest BCUT2D eigenvalue weighted by Crippen LogP contribution is -2.24. The molecule has 0 fully saturated rings. The molecule has 2 aromatic heterocycles. The lowest BCUT2D eigenvalue weighted by molar-refractivity contribution is 0.0942. The van der Waals surface area contributed by atoms with Crippen LogP contribution in [0.3, 0.4) is 0 Å². The van der Waals surface area contributed by atoms with Crippen LogP contribution in [0.25, 0.3) is 0 Å². The first-order valence-corrected chi connectivity index (χ1v) is 8.78. The molecule has 0 aliphatic heterocycles. The minimum Gasteiger partial charge on any atom is -0.493 e. The predicted molar refractivity (Wildman–Crippen MR) is 104 cm³/mol. The maximum atomic E-state index is 12.1. The van der Waals surface area contributed by atoms with Gasteiger partial charge in [0.2, 0.25) is 0 Å². The fraction of sp³-hybridized carbons (Fsp3) is 0.250. The van der Waals surface area contributed by atoms with Crippen LogP contribution in [0, 0.1) is 0 Å². The molecule has 1 aromatic carbocycles. The molecule has 1 amide bonds. The largest absolute Gasteiger partial charge is 0.493 e. The van der Waals surface area contributed by atoms with Crippen LogP contribution < -0.4 is 20.1 Å². The molecule has 8 heteroatoms. The number of ether oxygens (including phenoxy) is 2. The number of methoxy groups -OCH3 is 2. The Balaban J connectivity index is 1.48. The van der Waals surface area contributed by atoms with Crippen LogP contribution in [0.4, 0.5) is 5.82 Å². The fourth-order valence-electron chi connectivity index (χ4n) is 2.59. The molecule has 8 nitrogen and oxygen atoms in total. The van der Waals surface area contributed by atoms with Crippen molar-refractivity contribution in [3.8, 4) is 11.5 Å².